The van der Waals surface area contributed by atoms with Crippen molar-refractivity contribution >= 4 is 5.91 Å². The maximum atomic E-state index is 10.8. The van der Waals surface area contributed by atoms with Crippen molar-refractivity contribution in [3.8, 4) is 0 Å². The molecule has 2 aliphatic rings. The Labute approximate surface area is 76.6 Å². The van der Waals surface area contributed by atoms with E-state index in [9.17, 15) is 4.79 Å². The van der Waals surface area contributed by atoms with Gasteiger partial charge in [-0.1, -0.05) is 0 Å². The van der Waals surface area contributed by atoms with E-state index in [1.807, 2.05) is 13.8 Å². The van der Waals surface area contributed by atoms with Gasteiger partial charge in [-0.25, -0.2) is 0 Å². The van der Waals surface area contributed by atoms with Gasteiger partial charge < -0.3 is 15.2 Å². The molecule has 0 aliphatic carbocycles. The van der Waals surface area contributed by atoms with Crippen molar-refractivity contribution in [2.45, 2.75) is 37.8 Å². The minimum atomic E-state index is -0.531. The normalized spacial score (nSPS) is 41.8. The number of hydrogen-bond acceptors (Lipinski definition) is 4. The Morgan fingerprint density at radius 3 is 2.69 bits per heavy atom. The summed E-state index contributed by atoms with van der Waals surface area (Å²) in [6.07, 6.45) is -0.0486. The summed E-state index contributed by atoms with van der Waals surface area (Å²) in [5.41, 5.74) is 5.13. The van der Waals surface area contributed by atoms with Crippen LogP contribution in [0.25, 0.3) is 0 Å². The molecule has 74 valence electrons. The molecular weight excluding hydrogens is 172 g/mol. The molecule has 0 saturated carbocycles. The first kappa shape index (κ1) is 8.93. The summed E-state index contributed by atoms with van der Waals surface area (Å²) in [7, 11) is 0. The van der Waals surface area contributed by atoms with Crippen molar-refractivity contribution in [1.29, 1.82) is 0 Å². The fourth-order valence-corrected chi connectivity index (χ4v) is 1.63. The molecule has 0 radical (unpaired) electrons. The van der Waals surface area contributed by atoms with Gasteiger partial charge in [-0.3, -0.25) is 10.1 Å². The second-order valence-electron chi connectivity index (χ2n) is 3.94. The first-order chi connectivity index (χ1) is 5.99. The molecule has 2 rings (SSSR count). The van der Waals surface area contributed by atoms with Crippen LogP contribution in [-0.4, -0.2) is 36.5 Å². The molecule has 1 amide bonds. The molecule has 5 nitrogen and oxygen atoms in total. The maximum absolute atomic E-state index is 10.8. The highest BCUT2D eigenvalue weighted by atomic mass is 16.7. The smallest absolute Gasteiger partial charge is 0.236 e. The number of carbonyl (C=O) groups is 1. The lowest BCUT2D eigenvalue weighted by atomic mass is 10.2. The SMILES string of the molecule is CC1(C)OC[C@H]([C@@H]2N[C@@H]2C(N)=O)O1. The highest BCUT2D eigenvalue weighted by molar-refractivity contribution is 5.84. The fourth-order valence-electron chi connectivity index (χ4n) is 1.63. The van der Waals surface area contributed by atoms with Crippen LogP contribution >= 0.6 is 0 Å². The fraction of sp³-hybridized carbons (Fsp3) is 0.875. The van der Waals surface area contributed by atoms with Crippen molar-refractivity contribution in [3.63, 3.8) is 0 Å². The Kier molecular flexibility index (Phi) is 1.83. The molecule has 0 aromatic rings. The van der Waals surface area contributed by atoms with Crippen LogP contribution in [0.1, 0.15) is 13.8 Å². The highest BCUT2D eigenvalue weighted by Gasteiger charge is 2.51. The summed E-state index contributed by atoms with van der Waals surface area (Å²) in [6, 6.07) is -0.193. The van der Waals surface area contributed by atoms with Crippen LogP contribution in [0.5, 0.6) is 0 Å². The molecular formula is C8H14N2O3. The van der Waals surface area contributed by atoms with Gasteiger partial charge in [0.15, 0.2) is 5.79 Å². The molecule has 5 heteroatoms. The molecule has 2 heterocycles. The van der Waals surface area contributed by atoms with Crippen molar-refractivity contribution < 1.29 is 14.3 Å². The van der Waals surface area contributed by atoms with Crippen LogP contribution in [0.3, 0.4) is 0 Å². The average molecular weight is 186 g/mol. The molecule has 2 saturated heterocycles. The molecule has 0 aromatic carbocycles. The van der Waals surface area contributed by atoms with Crippen LogP contribution in [0.4, 0.5) is 0 Å². The third-order valence-corrected chi connectivity index (χ3v) is 2.36. The van der Waals surface area contributed by atoms with Crippen LogP contribution in [-0.2, 0) is 14.3 Å². The maximum Gasteiger partial charge on any atom is 0.236 e. The van der Waals surface area contributed by atoms with E-state index in [0.717, 1.165) is 0 Å². The Morgan fingerprint density at radius 2 is 2.31 bits per heavy atom. The van der Waals surface area contributed by atoms with Gasteiger partial charge in [-0.2, -0.15) is 0 Å². The lowest BCUT2D eigenvalue weighted by Crippen LogP contribution is -2.28. The van der Waals surface area contributed by atoms with Crippen LogP contribution < -0.4 is 11.1 Å². The third kappa shape index (κ3) is 1.67. The van der Waals surface area contributed by atoms with Crippen LogP contribution in [0, 0.1) is 0 Å². The van der Waals surface area contributed by atoms with Gasteiger partial charge in [0.25, 0.3) is 0 Å². The molecule has 13 heavy (non-hydrogen) atoms. The Morgan fingerprint density at radius 1 is 1.62 bits per heavy atom. The summed E-state index contributed by atoms with van der Waals surface area (Å²) in [5.74, 6) is -0.852. The molecule has 0 aromatic heterocycles. The first-order valence-corrected chi connectivity index (χ1v) is 4.37. The number of nitrogens with one attached hydrogen (secondary N) is 1. The standard InChI is InChI=1S/C8H14N2O3/c1-8(2)12-3-4(13-8)5-6(10-5)7(9)11/h4-6,10H,3H2,1-2H3,(H2,9,11)/t4-,5+,6+/m1/s1. The van der Waals surface area contributed by atoms with Crippen LogP contribution in [0.15, 0.2) is 0 Å². The van der Waals surface area contributed by atoms with E-state index in [4.69, 9.17) is 15.2 Å². The van der Waals surface area contributed by atoms with E-state index in [2.05, 4.69) is 5.32 Å². The molecule has 0 bridgehead atoms. The van der Waals surface area contributed by atoms with E-state index in [1.54, 1.807) is 0 Å². The zero-order valence-corrected chi connectivity index (χ0v) is 7.74. The number of primary amides is 1. The number of amides is 1. The largest absolute Gasteiger partial charge is 0.368 e. The predicted octanol–water partition coefficient (Wildman–Crippen LogP) is -1.04. The minimum Gasteiger partial charge on any atom is -0.368 e. The number of hydrogen-bond donors (Lipinski definition) is 2. The van der Waals surface area contributed by atoms with E-state index in [0.29, 0.717) is 6.61 Å². The number of nitrogens with two attached hydrogens (primary N) is 1. The van der Waals surface area contributed by atoms with Gasteiger partial charge in [-0.05, 0) is 13.8 Å². The molecule has 3 atom stereocenters. The minimum absolute atomic E-state index is 0.0410. The Bertz CT molecular complexity index is 242. The monoisotopic (exact) mass is 186 g/mol. The zero-order chi connectivity index (χ0) is 9.64. The lowest BCUT2D eigenvalue weighted by Gasteiger charge is -2.16. The quantitative estimate of drug-likeness (QED) is 0.540. The van der Waals surface area contributed by atoms with Gasteiger partial charge in [0, 0.05) is 0 Å². The van der Waals surface area contributed by atoms with Gasteiger partial charge in [0.05, 0.1) is 12.6 Å². The Hall–Kier alpha value is -0.650. The summed E-state index contributed by atoms with van der Waals surface area (Å²) in [4.78, 5) is 10.8. The highest BCUT2D eigenvalue weighted by Crippen LogP contribution is 2.29. The van der Waals surface area contributed by atoms with E-state index in [-0.39, 0.29) is 24.1 Å². The Balaban J connectivity index is 1.89. The van der Waals surface area contributed by atoms with Gasteiger partial charge >= 0.3 is 0 Å². The summed E-state index contributed by atoms with van der Waals surface area (Å²) in [6.45, 7) is 4.23. The summed E-state index contributed by atoms with van der Waals surface area (Å²) >= 11 is 0. The number of carbonyl (C=O) groups excluding carboxylic acids is 1. The molecule has 0 unspecified atom stereocenters. The molecule has 0 spiro atoms. The molecule has 2 fully saturated rings. The zero-order valence-electron chi connectivity index (χ0n) is 7.74. The van der Waals surface area contributed by atoms with E-state index >= 15 is 0 Å². The van der Waals surface area contributed by atoms with Gasteiger partial charge in [0.1, 0.15) is 12.1 Å². The predicted molar refractivity (Wildman–Crippen MR) is 44.8 cm³/mol. The van der Waals surface area contributed by atoms with Crippen molar-refractivity contribution in [2.75, 3.05) is 6.61 Å². The number of rotatable bonds is 2. The third-order valence-electron chi connectivity index (χ3n) is 2.36. The lowest BCUT2D eigenvalue weighted by molar-refractivity contribution is -0.138. The van der Waals surface area contributed by atoms with Gasteiger partial charge in [0.2, 0.25) is 5.91 Å². The van der Waals surface area contributed by atoms with Crippen molar-refractivity contribution in [1.82, 2.24) is 5.32 Å². The van der Waals surface area contributed by atoms with Crippen molar-refractivity contribution in [2.24, 2.45) is 5.73 Å². The first-order valence-electron chi connectivity index (χ1n) is 4.37. The van der Waals surface area contributed by atoms with E-state index in [1.165, 1.54) is 0 Å². The molecule has 2 aliphatic heterocycles. The van der Waals surface area contributed by atoms with Gasteiger partial charge in [-0.15, -0.1) is 0 Å². The average Bonchev–Trinajstić information content (AvgIpc) is 2.71. The topological polar surface area (TPSA) is 83.5 Å². The van der Waals surface area contributed by atoms with Crippen molar-refractivity contribution in [3.05, 3.63) is 0 Å². The van der Waals surface area contributed by atoms with E-state index < -0.39 is 5.79 Å². The molecule has 3 N–H and O–H groups in total. The van der Waals surface area contributed by atoms with Crippen LogP contribution in [0.2, 0.25) is 0 Å². The second kappa shape index (κ2) is 2.67. The number of ether oxygens (including phenoxy) is 2. The summed E-state index contributed by atoms with van der Waals surface area (Å²) in [5, 5.41) is 2.97. The second-order valence-corrected chi connectivity index (χ2v) is 3.94. The summed E-state index contributed by atoms with van der Waals surface area (Å²) < 4.78 is 10.9.